The minimum atomic E-state index is 0.202. The summed E-state index contributed by atoms with van der Waals surface area (Å²) in [6.07, 6.45) is 4.81. The van der Waals surface area contributed by atoms with E-state index in [1.54, 1.807) is 11.3 Å². The predicted octanol–water partition coefficient (Wildman–Crippen LogP) is 3.78. The number of aromatic nitrogens is 1. The van der Waals surface area contributed by atoms with Crippen molar-refractivity contribution in [3.63, 3.8) is 0 Å². The standard InChI is InChI=1S/C20H27N3O2S/c1-13-17(14(2)25-21-13)10-23-8-7-16-18(12-26-19(16)11-23)20(24)22(3)9-15-5-4-6-15/h12,15H,4-11H2,1-3H3. The van der Waals surface area contributed by atoms with E-state index in [0.717, 1.165) is 49.6 Å². The van der Waals surface area contributed by atoms with Crippen LogP contribution >= 0.6 is 11.3 Å². The summed E-state index contributed by atoms with van der Waals surface area (Å²) >= 11 is 1.73. The molecule has 3 heterocycles. The van der Waals surface area contributed by atoms with E-state index in [1.807, 2.05) is 25.8 Å². The Balaban J connectivity index is 1.44. The van der Waals surface area contributed by atoms with E-state index in [9.17, 15) is 4.79 Å². The zero-order valence-corrected chi connectivity index (χ0v) is 16.7. The molecule has 2 aromatic heterocycles. The van der Waals surface area contributed by atoms with Gasteiger partial charge in [0.05, 0.1) is 11.3 Å². The molecule has 0 aromatic carbocycles. The molecule has 4 rings (SSSR count). The molecule has 0 spiro atoms. The molecule has 140 valence electrons. The molecule has 0 atom stereocenters. The molecule has 2 aromatic rings. The number of amides is 1. The van der Waals surface area contributed by atoms with E-state index in [4.69, 9.17) is 4.52 Å². The van der Waals surface area contributed by atoms with Crippen LogP contribution in [0.2, 0.25) is 0 Å². The molecule has 26 heavy (non-hydrogen) atoms. The van der Waals surface area contributed by atoms with E-state index in [2.05, 4.69) is 15.4 Å². The Labute approximate surface area is 159 Å². The molecule has 0 N–H and O–H groups in total. The highest BCUT2D eigenvalue weighted by Crippen LogP contribution is 2.32. The van der Waals surface area contributed by atoms with Crippen molar-refractivity contribution in [1.82, 2.24) is 15.0 Å². The zero-order valence-electron chi connectivity index (χ0n) is 15.9. The van der Waals surface area contributed by atoms with E-state index in [1.165, 1.54) is 35.3 Å². The number of aryl methyl sites for hydroxylation is 2. The van der Waals surface area contributed by atoms with Crippen molar-refractivity contribution in [3.8, 4) is 0 Å². The van der Waals surface area contributed by atoms with Crippen LogP contribution in [0.5, 0.6) is 0 Å². The lowest BCUT2D eigenvalue weighted by molar-refractivity contribution is 0.0744. The van der Waals surface area contributed by atoms with E-state index in [-0.39, 0.29) is 5.91 Å². The minimum Gasteiger partial charge on any atom is -0.361 e. The number of carbonyl (C=O) groups is 1. The molecule has 0 unspecified atom stereocenters. The van der Waals surface area contributed by atoms with E-state index >= 15 is 0 Å². The third kappa shape index (κ3) is 3.32. The summed E-state index contributed by atoms with van der Waals surface area (Å²) in [6.45, 7) is 7.63. The fourth-order valence-corrected chi connectivity index (χ4v) is 5.11. The van der Waals surface area contributed by atoms with Crippen LogP contribution in [0.25, 0.3) is 0 Å². The second-order valence-corrected chi connectivity index (χ2v) is 8.76. The number of carbonyl (C=O) groups excluding carboxylic acids is 1. The average Bonchev–Trinajstić information content (AvgIpc) is 3.15. The summed E-state index contributed by atoms with van der Waals surface area (Å²) < 4.78 is 5.29. The van der Waals surface area contributed by atoms with Crippen LogP contribution in [0, 0.1) is 19.8 Å². The lowest BCUT2D eigenvalue weighted by Gasteiger charge is -2.31. The molecule has 1 amide bonds. The molecule has 0 radical (unpaired) electrons. The van der Waals surface area contributed by atoms with Crippen LogP contribution in [0.1, 0.15) is 57.1 Å². The fraction of sp³-hybridized carbons (Fsp3) is 0.600. The molecule has 2 aliphatic rings. The van der Waals surface area contributed by atoms with Gasteiger partial charge in [-0.25, -0.2) is 0 Å². The maximum atomic E-state index is 12.9. The summed E-state index contributed by atoms with van der Waals surface area (Å²) in [6, 6.07) is 0. The van der Waals surface area contributed by atoms with Crippen molar-refractivity contribution in [2.24, 2.45) is 5.92 Å². The van der Waals surface area contributed by atoms with Crippen LogP contribution in [0.3, 0.4) is 0 Å². The summed E-state index contributed by atoms with van der Waals surface area (Å²) in [4.78, 5) is 18.6. The molecule has 5 nitrogen and oxygen atoms in total. The van der Waals surface area contributed by atoms with Crippen molar-refractivity contribution in [2.75, 3.05) is 20.1 Å². The number of rotatable bonds is 5. The molecule has 0 bridgehead atoms. The second-order valence-electron chi connectivity index (χ2n) is 7.80. The fourth-order valence-electron chi connectivity index (χ4n) is 4.00. The van der Waals surface area contributed by atoms with Gasteiger partial charge in [-0.3, -0.25) is 9.69 Å². The monoisotopic (exact) mass is 373 g/mol. The molecule has 1 aliphatic carbocycles. The minimum absolute atomic E-state index is 0.202. The molecule has 1 saturated carbocycles. The lowest BCUT2D eigenvalue weighted by Crippen LogP contribution is -2.35. The first-order chi connectivity index (χ1) is 12.5. The topological polar surface area (TPSA) is 49.6 Å². The summed E-state index contributed by atoms with van der Waals surface area (Å²) in [5.74, 6) is 1.82. The highest BCUT2D eigenvalue weighted by molar-refractivity contribution is 7.10. The zero-order chi connectivity index (χ0) is 18.3. The van der Waals surface area contributed by atoms with Gasteiger partial charge in [-0.1, -0.05) is 11.6 Å². The Kier molecular flexibility index (Phi) is 4.88. The third-order valence-corrected chi connectivity index (χ3v) is 6.94. The normalized spacial score (nSPS) is 17.8. The Morgan fingerprint density at radius 3 is 2.88 bits per heavy atom. The van der Waals surface area contributed by atoms with Gasteiger partial charge in [-0.05, 0) is 44.6 Å². The molecular formula is C20H27N3O2S. The van der Waals surface area contributed by atoms with Gasteiger partial charge in [0.2, 0.25) is 0 Å². The Morgan fingerprint density at radius 1 is 1.42 bits per heavy atom. The molecule has 0 saturated heterocycles. The van der Waals surface area contributed by atoms with Gasteiger partial charge in [-0.15, -0.1) is 11.3 Å². The molecule has 1 fully saturated rings. The highest BCUT2D eigenvalue weighted by Gasteiger charge is 2.28. The first-order valence-electron chi connectivity index (χ1n) is 9.51. The number of fused-ring (bicyclic) bond motifs is 1. The first kappa shape index (κ1) is 17.7. The van der Waals surface area contributed by atoms with Gasteiger partial charge in [0.25, 0.3) is 5.91 Å². The largest absolute Gasteiger partial charge is 0.361 e. The Bertz CT molecular complexity index is 787. The second kappa shape index (κ2) is 7.16. The van der Waals surface area contributed by atoms with Crippen LogP contribution in [0.4, 0.5) is 0 Å². The Hall–Kier alpha value is -1.66. The van der Waals surface area contributed by atoms with Crippen molar-refractivity contribution in [3.05, 3.63) is 38.4 Å². The van der Waals surface area contributed by atoms with Crippen LogP contribution in [-0.2, 0) is 19.5 Å². The third-order valence-electron chi connectivity index (χ3n) is 5.92. The van der Waals surface area contributed by atoms with Crippen molar-refractivity contribution in [1.29, 1.82) is 0 Å². The van der Waals surface area contributed by atoms with Gasteiger partial charge < -0.3 is 9.42 Å². The maximum absolute atomic E-state index is 12.9. The number of thiophene rings is 1. The van der Waals surface area contributed by atoms with E-state index < -0.39 is 0 Å². The molecule has 6 heteroatoms. The average molecular weight is 374 g/mol. The first-order valence-corrected chi connectivity index (χ1v) is 10.4. The number of nitrogens with zero attached hydrogens (tertiary/aromatic N) is 3. The Morgan fingerprint density at radius 2 is 2.23 bits per heavy atom. The summed E-state index contributed by atoms with van der Waals surface area (Å²) in [5.41, 5.74) is 4.38. The SMILES string of the molecule is Cc1noc(C)c1CN1CCc2c(C(=O)N(C)CC3CCC3)csc2C1. The number of hydrogen-bond donors (Lipinski definition) is 0. The number of hydrogen-bond acceptors (Lipinski definition) is 5. The van der Waals surface area contributed by atoms with Gasteiger partial charge in [-0.2, -0.15) is 0 Å². The predicted molar refractivity (Wildman–Crippen MR) is 102 cm³/mol. The van der Waals surface area contributed by atoms with Crippen LogP contribution in [0.15, 0.2) is 9.90 Å². The van der Waals surface area contributed by atoms with Crippen molar-refractivity contribution < 1.29 is 9.32 Å². The molecular weight excluding hydrogens is 346 g/mol. The molecule has 1 aliphatic heterocycles. The van der Waals surface area contributed by atoms with Crippen LogP contribution < -0.4 is 0 Å². The lowest BCUT2D eigenvalue weighted by atomic mass is 9.85. The van der Waals surface area contributed by atoms with Gasteiger partial charge in [0.1, 0.15) is 5.76 Å². The van der Waals surface area contributed by atoms with E-state index in [0.29, 0.717) is 5.92 Å². The quantitative estimate of drug-likeness (QED) is 0.800. The van der Waals surface area contributed by atoms with Crippen molar-refractivity contribution >= 4 is 17.2 Å². The van der Waals surface area contributed by atoms with Gasteiger partial charge in [0.15, 0.2) is 0 Å². The van der Waals surface area contributed by atoms with Crippen LogP contribution in [-0.4, -0.2) is 41.0 Å². The highest BCUT2D eigenvalue weighted by atomic mass is 32.1. The van der Waals surface area contributed by atoms with Crippen molar-refractivity contribution in [2.45, 2.75) is 52.6 Å². The summed E-state index contributed by atoms with van der Waals surface area (Å²) in [7, 11) is 1.96. The maximum Gasteiger partial charge on any atom is 0.254 e. The van der Waals surface area contributed by atoms with Gasteiger partial charge in [0, 0.05) is 49.0 Å². The smallest absolute Gasteiger partial charge is 0.254 e. The van der Waals surface area contributed by atoms with Gasteiger partial charge >= 0.3 is 0 Å². The summed E-state index contributed by atoms with van der Waals surface area (Å²) in [5, 5.41) is 6.13.